The van der Waals surface area contributed by atoms with E-state index in [2.05, 4.69) is 5.32 Å². The van der Waals surface area contributed by atoms with Crippen molar-refractivity contribution in [2.24, 2.45) is 0 Å². The van der Waals surface area contributed by atoms with Gasteiger partial charge in [-0.1, -0.05) is 6.07 Å². The Morgan fingerprint density at radius 2 is 1.95 bits per heavy atom. The number of hydrogen-bond acceptors (Lipinski definition) is 3. The third-order valence-corrected chi connectivity index (χ3v) is 2.84. The lowest BCUT2D eigenvalue weighted by molar-refractivity contribution is 0.0697. The van der Waals surface area contributed by atoms with Crippen LogP contribution in [0.4, 0.5) is 25.8 Å². The van der Waals surface area contributed by atoms with Gasteiger partial charge in [-0.25, -0.2) is 13.6 Å². The highest BCUT2D eigenvalue weighted by molar-refractivity contribution is 5.91. The number of nitrogen functional groups attached to an aromatic ring is 1. The fraction of sp³-hybridized carbons (Fsp3) is 0.0714. The van der Waals surface area contributed by atoms with Gasteiger partial charge in [-0.05, 0) is 36.8 Å². The molecule has 4 nitrogen and oxygen atoms in total. The monoisotopic (exact) mass is 278 g/mol. The third-order valence-electron chi connectivity index (χ3n) is 2.84. The summed E-state index contributed by atoms with van der Waals surface area (Å²) in [5.41, 5.74) is 5.87. The highest BCUT2D eigenvalue weighted by Gasteiger charge is 2.14. The van der Waals surface area contributed by atoms with Gasteiger partial charge in [0.2, 0.25) is 0 Å². The van der Waals surface area contributed by atoms with E-state index >= 15 is 0 Å². The SMILES string of the molecule is Cc1ccc(F)c(Nc2cc(C(=O)O)ccc2N)c1F. The first-order chi connectivity index (χ1) is 9.40. The molecule has 0 aliphatic rings. The Morgan fingerprint density at radius 1 is 1.25 bits per heavy atom. The predicted octanol–water partition coefficient (Wildman–Crippen LogP) is 3.30. The van der Waals surface area contributed by atoms with E-state index in [1.54, 1.807) is 0 Å². The van der Waals surface area contributed by atoms with E-state index in [0.29, 0.717) is 0 Å². The Balaban J connectivity index is 2.47. The summed E-state index contributed by atoms with van der Waals surface area (Å²) in [6.07, 6.45) is 0. The number of nitrogens with one attached hydrogen (secondary N) is 1. The molecule has 2 aromatic rings. The van der Waals surface area contributed by atoms with Crippen LogP contribution in [0.1, 0.15) is 15.9 Å². The minimum Gasteiger partial charge on any atom is -0.478 e. The Kier molecular flexibility index (Phi) is 3.56. The molecule has 0 heterocycles. The maximum Gasteiger partial charge on any atom is 0.335 e. The average Bonchev–Trinajstić information content (AvgIpc) is 2.41. The van der Waals surface area contributed by atoms with Crippen LogP contribution in [0.15, 0.2) is 30.3 Å². The van der Waals surface area contributed by atoms with Crippen molar-refractivity contribution in [3.8, 4) is 0 Å². The molecule has 0 aromatic heterocycles. The minimum atomic E-state index is -1.15. The van der Waals surface area contributed by atoms with Crippen LogP contribution in [0, 0.1) is 18.6 Å². The molecule has 0 saturated heterocycles. The van der Waals surface area contributed by atoms with Gasteiger partial charge < -0.3 is 16.2 Å². The highest BCUT2D eigenvalue weighted by atomic mass is 19.1. The number of carbonyl (C=O) groups is 1. The molecule has 2 aromatic carbocycles. The average molecular weight is 278 g/mol. The van der Waals surface area contributed by atoms with Gasteiger partial charge in [-0.15, -0.1) is 0 Å². The fourth-order valence-electron chi connectivity index (χ4n) is 1.70. The Morgan fingerprint density at radius 3 is 2.60 bits per heavy atom. The molecule has 4 N–H and O–H groups in total. The van der Waals surface area contributed by atoms with Gasteiger partial charge in [0.25, 0.3) is 0 Å². The second kappa shape index (κ2) is 5.16. The molecule has 20 heavy (non-hydrogen) atoms. The lowest BCUT2D eigenvalue weighted by Crippen LogP contribution is -2.04. The molecule has 0 atom stereocenters. The lowest BCUT2D eigenvalue weighted by Gasteiger charge is -2.13. The molecule has 0 radical (unpaired) electrons. The van der Waals surface area contributed by atoms with Crippen LogP contribution in [-0.2, 0) is 0 Å². The highest BCUT2D eigenvalue weighted by Crippen LogP contribution is 2.29. The van der Waals surface area contributed by atoms with Crippen molar-refractivity contribution in [3.63, 3.8) is 0 Å². The summed E-state index contributed by atoms with van der Waals surface area (Å²) in [4.78, 5) is 10.9. The second-order valence-corrected chi connectivity index (χ2v) is 4.29. The van der Waals surface area contributed by atoms with E-state index in [9.17, 15) is 13.6 Å². The van der Waals surface area contributed by atoms with Crippen LogP contribution in [0.2, 0.25) is 0 Å². The number of hydrogen-bond donors (Lipinski definition) is 3. The molecule has 0 aliphatic heterocycles. The standard InChI is InChI=1S/C14H12F2N2O2/c1-7-2-4-9(15)13(12(7)16)18-11-6-8(14(19)20)3-5-10(11)17/h2-6,18H,17H2,1H3,(H,19,20). The molecule has 0 aliphatic carbocycles. The largest absolute Gasteiger partial charge is 0.478 e. The molecule has 0 spiro atoms. The summed E-state index contributed by atoms with van der Waals surface area (Å²) in [6.45, 7) is 1.50. The summed E-state index contributed by atoms with van der Waals surface area (Å²) < 4.78 is 27.5. The molecule has 0 amide bonds. The van der Waals surface area contributed by atoms with Gasteiger partial charge >= 0.3 is 5.97 Å². The second-order valence-electron chi connectivity index (χ2n) is 4.29. The van der Waals surface area contributed by atoms with E-state index < -0.39 is 17.6 Å². The molecule has 2 rings (SSSR count). The minimum absolute atomic E-state index is 0.0323. The smallest absolute Gasteiger partial charge is 0.335 e. The molecule has 0 saturated carbocycles. The van der Waals surface area contributed by atoms with Gasteiger partial charge in [0.15, 0.2) is 5.82 Å². The Bertz CT molecular complexity index is 687. The first-order valence-corrected chi connectivity index (χ1v) is 5.74. The van der Waals surface area contributed by atoms with Crippen LogP contribution in [0.3, 0.4) is 0 Å². The maximum absolute atomic E-state index is 13.9. The van der Waals surface area contributed by atoms with E-state index in [1.165, 1.54) is 31.2 Å². The number of halogens is 2. The summed E-state index contributed by atoms with van der Waals surface area (Å²) in [5, 5.41) is 11.4. The molecule has 104 valence electrons. The van der Waals surface area contributed by atoms with E-state index in [1.807, 2.05) is 0 Å². The lowest BCUT2D eigenvalue weighted by atomic mass is 10.1. The first-order valence-electron chi connectivity index (χ1n) is 5.74. The number of carboxylic acid groups (broad SMARTS) is 1. The number of rotatable bonds is 3. The number of benzene rings is 2. The van der Waals surface area contributed by atoms with E-state index in [0.717, 1.165) is 6.07 Å². The van der Waals surface area contributed by atoms with Crippen LogP contribution in [0.25, 0.3) is 0 Å². The van der Waals surface area contributed by atoms with Crippen LogP contribution in [-0.4, -0.2) is 11.1 Å². The Hall–Kier alpha value is -2.63. The number of aryl methyl sites for hydroxylation is 1. The maximum atomic E-state index is 13.9. The first kappa shape index (κ1) is 13.8. The summed E-state index contributed by atoms with van der Waals surface area (Å²) in [7, 11) is 0. The third kappa shape index (κ3) is 2.54. The topological polar surface area (TPSA) is 75.3 Å². The van der Waals surface area contributed by atoms with Crippen LogP contribution < -0.4 is 11.1 Å². The number of anilines is 3. The Labute approximate surface area is 113 Å². The summed E-state index contributed by atoms with van der Waals surface area (Å²) in [6, 6.07) is 6.33. The van der Waals surface area contributed by atoms with E-state index in [-0.39, 0.29) is 28.2 Å². The van der Waals surface area contributed by atoms with Crippen LogP contribution >= 0.6 is 0 Å². The fourth-order valence-corrected chi connectivity index (χ4v) is 1.70. The van der Waals surface area contributed by atoms with Crippen molar-refractivity contribution in [1.29, 1.82) is 0 Å². The number of aromatic carboxylic acids is 1. The normalized spacial score (nSPS) is 10.3. The quantitative estimate of drug-likeness (QED) is 0.753. The van der Waals surface area contributed by atoms with Gasteiger partial charge in [0.1, 0.15) is 11.5 Å². The predicted molar refractivity (Wildman–Crippen MR) is 72.2 cm³/mol. The number of carboxylic acids is 1. The van der Waals surface area contributed by atoms with Gasteiger partial charge in [0.05, 0.1) is 16.9 Å². The van der Waals surface area contributed by atoms with Crippen LogP contribution in [0.5, 0.6) is 0 Å². The molecule has 6 heteroatoms. The molecular formula is C14H12F2N2O2. The zero-order valence-electron chi connectivity index (χ0n) is 10.6. The van der Waals surface area contributed by atoms with Crippen molar-refractivity contribution in [2.45, 2.75) is 6.92 Å². The molecular weight excluding hydrogens is 266 g/mol. The molecule has 0 unspecified atom stereocenters. The van der Waals surface area contributed by atoms with Crippen molar-refractivity contribution in [1.82, 2.24) is 0 Å². The zero-order valence-corrected chi connectivity index (χ0v) is 10.6. The zero-order chi connectivity index (χ0) is 14.9. The number of nitrogens with two attached hydrogens (primary N) is 1. The van der Waals surface area contributed by atoms with Crippen molar-refractivity contribution in [3.05, 3.63) is 53.1 Å². The molecule has 0 fully saturated rings. The van der Waals surface area contributed by atoms with Crippen molar-refractivity contribution >= 4 is 23.0 Å². The summed E-state index contributed by atoms with van der Waals surface area (Å²) >= 11 is 0. The molecule has 0 bridgehead atoms. The van der Waals surface area contributed by atoms with Gasteiger partial charge in [0, 0.05) is 0 Å². The van der Waals surface area contributed by atoms with Gasteiger partial charge in [-0.3, -0.25) is 0 Å². The van der Waals surface area contributed by atoms with Crippen molar-refractivity contribution in [2.75, 3.05) is 11.1 Å². The van der Waals surface area contributed by atoms with Crippen molar-refractivity contribution < 1.29 is 18.7 Å². The van der Waals surface area contributed by atoms with Gasteiger partial charge in [-0.2, -0.15) is 0 Å². The van der Waals surface area contributed by atoms with E-state index in [4.69, 9.17) is 10.8 Å². The summed E-state index contributed by atoms with van der Waals surface area (Å²) in [5.74, 6) is -2.68.